The standard InChI is InChI=1S/C34H51N5O7/c1-21(17-39(33(44)45)34(2,3)4)30(41)36-29(22-10-6-5-7-11-22)32(43)38-18-23-16-24(40)19-37(23)20-27(38)31(42)35-26-14-15-46-28-13-9-8-12-25(26)28/h8-9,12-13,21-24,26-27,29,40H,5-7,10-11,14-20H2,1-4H3,(H,35,42)(H,36,41)(H,44,45)/t21-,23+,24+,26+,27-,29-/m0/s1. The smallest absolute Gasteiger partial charge is 0.407 e. The van der Waals surface area contributed by atoms with Crippen LogP contribution in [0, 0.1) is 11.8 Å². The number of hydrogen-bond donors (Lipinski definition) is 4. The quantitative estimate of drug-likeness (QED) is 0.338. The number of aliphatic hydroxyl groups is 1. The summed E-state index contributed by atoms with van der Waals surface area (Å²) in [5.74, 6) is -0.974. The van der Waals surface area contributed by atoms with Crippen LogP contribution < -0.4 is 15.4 Å². The van der Waals surface area contributed by atoms with E-state index in [2.05, 4.69) is 15.5 Å². The average molecular weight is 642 g/mol. The first kappa shape index (κ1) is 34.0. The lowest BCUT2D eigenvalue weighted by molar-refractivity contribution is -0.150. The Morgan fingerprint density at radius 2 is 1.76 bits per heavy atom. The number of nitrogens with zero attached hydrogens (tertiary/aromatic N) is 3. The summed E-state index contributed by atoms with van der Waals surface area (Å²) < 4.78 is 5.79. The van der Waals surface area contributed by atoms with E-state index in [0.29, 0.717) is 32.5 Å². The van der Waals surface area contributed by atoms with Gasteiger partial charge in [-0.05, 0) is 52.0 Å². The van der Waals surface area contributed by atoms with Crippen LogP contribution in [-0.2, 0) is 14.4 Å². The molecule has 4 N–H and O–H groups in total. The first-order valence-corrected chi connectivity index (χ1v) is 16.9. The summed E-state index contributed by atoms with van der Waals surface area (Å²) in [6, 6.07) is 5.66. The van der Waals surface area contributed by atoms with Gasteiger partial charge in [0.05, 0.1) is 24.7 Å². The number of nitrogens with one attached hydrogen (secondary N) is 2. The van der Waals surface area contributed by atoms with E-state index >= 15 is 0 Å². The van der Waals surface area contributed by atoms with Gasteiger partial charge in [-0.25, -0.2) is 4.79 Å². The molecule has 254 valence electrons. The van der Waals surface area contributed by atoms with Crippen molar-refractivity contribution in [1.82, 2.24) is 25.3 Å². The van der Waals surface area contributed by atoms with Crippen LogP contribution in [0.2, 0.25) is 0 Å². The fraction of sp³-hybridized carbons (Fsp3) is 0.706. The minimum atomic E-state index is -1.11. The summed E-state index contributed by atoms with van der Waals surface area (Å²) in [6.45, 7) is 8.52. The maximum Gasteiger partial charge on any atom is 0.407 e. The molecule has 3 fully saturated rings. The average Bonchev–Trinajstić information content (AvgIpc) is 3.40. The predicted molar refractivity (Wildman–Crippen MR) is 171 cm³/mol. The van der Waals surface area contributed by atoms with Crippen molar-refractivity contribution in [1.29, 1.82) is 0 Å². The molecule has 1 saturated carbocycles. The van der Waals surface area contributed by atoms with Gasteiger partial charge in [0, 0.05) is 49.7 Å². The Bertz CT molecular complexity index is 1280. The van der Waals surface area contributed by atoms with Crippen LogP contribution in [0.3, 0.4) is 0 Å². The van der Waals surface area contributed by atoms with E-state index in [1.807, 2.05) is 24.3 Å². The van der Waals surface area contributed by atoms with Crippen molar-refractivity contribution >= 4 is 23.8 Å². The van der Waals surface area contributed by atoms with E-state index < -0.39 is 35.7 Å². The van der Waals surface area contributed by atoms with Gasteiger partial charge < -0.3 is 35.4 Å². The molecule has 46 heavy (non-hydrogen) atoms. The highest BCUT2D eigenvalue weighted by Gasteiger charge is 2.47. The van der Waals surface area contributed by atoms with Crippen molar-refractivity contribution in [3.05, 3.63) is 29.8 Å². The first-order valence-electron chi connectivity index (χ1n) is 16.9. The maximum atomic E-state index is 14.6. The number of amides is 4. The van der Waals surface area contributed by atoms with Crippen molar-refractivity contribution in [3.8, 4) is 5.75 Å². The predicted octanol–water partition coefficient (Wildman–Crippen LogP) is 2.75. The van der Waals surface area contributed by atoms with Crippen molar-refractivity contribution in [2.45, 2.75) is 108 Å². The number of rotatable bonds is 8. The second-order valence-electron chi connectivity index (χ2n) is 14.6. The molecule has 6 atom stereocenters. The van der Waals surface area contributed by atoms with Gasteiger partial charge in [-0.1, -0.05) is 44.4 Å². The van der Waals surface area contributed by atoms with Crippen molar-refractivity contribution in [3.63, 3.8) is 0 Å². The highest BCUT2D eigenvalue weighted by atomic mass is 16.5. The van der Waals surface area contributed by atoms with Gasteiger partial charge in [0.2, 0.25) is 17.7 Å². The van der Waals surface area contributed by atoms with Crippen LogP contribution in [-0.4, -0.2) is 111 Å². The van der Waals surface area contributed by atoms with Gasteiger partial charge in [-0.15, -0.1) is 0 Å². The van der Waals surface area contributed by atoms with Gasteiger partial charge in [0.25, 0.3) is 0 Å². The lowest BCUT2D eigenvalue weighted by Crippen LogP contribution is -2.66. The van der Waals surface area contributed by atoms with Crippen molar-refractivity contribution in [2.24, 2.45) is 11.8 Å². The van der Waals surface area contributed by atoms with Gasteiger partial charge in [0.1, 0.15) is 17.8 Å². The Hall–Kier alpha value is -3.38. The van der Waals surface area contributed by atoms with Crippen LogP contribution in [0.4, 0.5) is 4.79 Å². The Kier molecular flexibility index (Phi) is 10.5. The second kappa shape index (κ2) is 14.2. The third kappa shape index (κ3) is 7.60. The van der Waals surface area contributed by atoms with E-state index in [1.165, 1.54) is 4.90 Å². The zero-order valence-corrected chi connectivity index (χ0v) is 27.6. The lowest BCUT2D eigenvalue weighted by atomic mass is 9.82. The van der Waals surface area contributed by atoms with Gasteiger partial charge in [-0.3, -0.25) is 19.3 Å². The van der Waals surface area contributed by atoms with E-state index in [-0.39, 0.29) is 48.8 Å². The molecule has 1 aromatic carbocycles. The molecule has 3 aliphatic heterocycles. The zero-order valence-electron chi connectivity index (χ0n) is 27.6. The molecule has 4 amide bonds. The first-order chi connectivity index (χ1) is 21.8. The fourth-order valence-electron chi connectivity index (χ4n) is 7.59. The number of piperazine rings is 1. The molecule has 0 radical (unpaired) electrons. The molecule has 1 aromatic rings. The van der Waals surface area contributed by atoms with Crippen LogP contribution >= 0.6 is 0 Å². The molecule has 12 nitrogen and oxygen atoms in total. The van der Waals surface area contributed by atoms with E-state index in [4.69, 9.17) is 4.74 Å². The fourth-order valence-corrected chi connectivity index (χ4v) is 7.59. The maximum absolute atomic E-state index is 14.6. The van der Waals surface area contributed by atoms with Crippen molar-refractivity contribution < 1.29 is 34.1 Å². The number of aliphatic hydroxyl groups excluding tert-OH is 1. The van der Waals surface area contributed by atoms with Crippen molar-refractivity contribution in [2.75, 3.05) is 32.8 Å². The van der Waals surface area contributed by atoms with Gasteiger partial charge in [0.15, 0.2) is 0 Å². The molecular weight excluding hydrogens is 590 g/mol. The van der Waals surface area contributed by atoms with Crippen LogP contribution in [0.1, 0.15) is 84.2 Å². The topological polar surface area (TPSA) is 152 Å². The van der Waals surface area contributed by atoms with Gasteiger partial charge in [-0.2, -0.15) is 0 Å². The molecule has 0 spiro atoms. The summed E-state index contributed by atoms with van der Waals surface area (Å²) in [6.07, 6.45) is 4.02. The number of carboxylic acid groups (broad SMARTS) is 1. The second-order valence-corrected chi connectivity index (χ2v) is 14.6. The summed E-state index contributed by atoms with van der Waals surface area (Å²) in [5.41, 5.74) is 0.202. The summed E-state index contributed by atoms with van der Waals surface area (Å²) in [7, 11) is 0. The molecule has 0 aromatic heterocycles. The van der Waals surface area contributed by atoms with Crippen LogP contribution in [0.5, 0.6) is 5.75 Å². The third-order valence-electron chi connectivity index (χ3n) is 10.2. The normalized spacial score (nSPS) is 26.6. The van der Waals surface area contributed by atoms with E-state index in [1.54, 1.807) is 32.6 Å². The monoisotopic (exact) mass is 641 g/mol. The molecule has 5 rings (SSSR count). The number of ether oxygens (including phenoxy) is 1. The molecule has 4 aliphatic rings. The summed E-state index contributed by atoms with van der Waals surface area (Å²) in [4.78, 5) is 59.4. The molecule has 0 bridgehead atoms. The Morgan fingerprint density at radius 1 is 1.04 bits per heavy atom. The third-order valence-corrected chi connectivity index (χ3v) is 10.2. The minimum absolute atomic E-state index is 0.00745. The van der Waals surface area contributed by atoms with Gasteiger partial charge >= 0.3 is 6.09 Å². The highest BCUT2D eigenvalue weighted by molar-refractivity contribution is 5.93. The largest absolute Gasteiger partial charge is 0.493 e. The van der Waals surface area contributed by atoms with Crippen LogP contribution in [0.15, 0.2) is 24.3 Å². The molecule has 2 saturated heterocycles. The lowest BCUT2D eigenvalue weighted by Gasteiger charge is -2.45. The Labute approximate surface area is 271 Å². The Balaban J connectivity index is 1.38. The number of carbonyl (C=O) groups is 4. The highest BCUT2D eigenvalue weighted by Crippen LogP contribution is 2.34. The SMILES string of the molecule is C[C@@H](CN(C(=O)O)C(C)(C)C)C(=O)N[C@H](C(=O)N1C[C@H]2C[C@@H](O)CN2C[C@H]1C(=O)N[C@@H]1CCOc2ccccc21)C1CCCCC1. The number of benzene rings is 1. The minimum Gasteiger partial charge on any atom is -0.493 e. The molecule has 3 heterocycles. The number of hydrogen-bond acceptors (Lipinski definition) is 7. The Morgan fingerprint density at radius 3 is 2.46 bits per heavy atom. The van der Waals surface area contributed by atoms with E-state index in [0.717, 1.165) is 43.4 Å². The van der Waals surface area contributed by atoms with Crippen LogP contribution in [0.25, 0.3) is 0 Å². The number of fused-ring (bicyclic) bond motifs is 2. The molecule has 1 aliphatic carbocycles. The van der Waals surface area contributed by atoms with E-state index in [9.17, 15) is 29.4 Å². The molecule has 0 unspecified atom stereocenters. The summed E-state index contributed by atoms with van der Waals surface area (Å²) in [5, 5.41) is 26.5. The number of carbonyl (C=O) groups excluding carboxylic acids is 3. The number of para-hydroxylation sites is 1. The zero-order chi connectivity index (χ0) is 33.2. The molecule has 12 heteroatoms. The summed E-state index contributed by atoms with van der Waals surface area (Å²) >= 11 is 0. The molecular formula is C34H51N5O7.